The fraction of sp³-hybridized carbons (Fsp3) is 0.286. The molecule has 116 valence electrons. The van der Waals surface area contributed by atoms with Crippen molar-refractivity contribution in [3.05, 3.63) is 53.6 Å². The van der Waals surface area contributed by atoms with Crippen molar-refractivity contribution in [3.8, 4) is 0 Å². The van der Waals surface area contributed by atoms with E-state index in [0.717, 1.165) is 0 Å². The first-order chi connectivity index (χ1) is 10.5. The lowest BCUT2D eigenvalue weighted by molar-refractivity contribution is 0.0816. The highest BCUT2D eigenvalue weighted by molar-refractivity contribution is 7.89. The second kappa shape index (κ2) is 5.90. The number of amides is 1. The Hall–Kier alpha value is -2.19. The van der Waals surface area contributed by atoms with Crippen LogP contribution in [0, 0.1) is 0 Å². The molecule has 1 aromatic carbocycles. The third-order valence-corrected chi connectivity index (χ3v) is 4.46. The molecule has 0 unspecified atom stereocenters. The van der Waals surface area contributed by atoms with Gasteiger partial charge in [0.05, 0.1) is 12.4 Å². The van der Waals surface area contributed by atoms with Crippen LogP contribution < -0.4 is 4.72 Å². The first-order valence-corrected chi connectivity index (χ1v) is 8.41. The maximum Gasteiger partial charge on any atom is 0.284 e. The van der Waals surface area contributed by atoms with Crippen molar-refractivity contribution >= 4 is 15.9 Å². The smallest absolute Gasteiger partial charge is 0.284 e. The molecule has 0 radical (unpaired) electrons. The number of hydrogen-bond donors (Lipinski definition) is 1. The molecule has 0 spiro atoms. The Bertz CT molecular complexity index is 760. The van der Waals surface area contributed by atoms with E-state index >= 15 is 0 Å². The summed E-state index contributed by atoms with van der Waals surface area (Å²) in [5.74, 6) is -0.356. The van der Waals surface area contributed by atoms with Crippen LogP contribution in [-0.4, -0.2) is 30.5 Å². The zero-order valence-electron chi connectivity index (χ0n) is 11.7. The highest BCUT2D eigenvalue weighted by atomic mass is 32.2. The van der Waals surface area contributed by atoms with E-state index in [-0.39, 0.29) is 11.4 Å². The van der Waals surface area contributed by atoms with Gasteiger partial charge in [0.25, 0.3) is 5.91 Å². The highest BCUT2D eigenvalue weighted by Gasteiger charge is 2.21. The number of hydrogen-bond acceptors (Lipinski definition) is 5. The molecule has 0 fully saturated rings. The van der Waals surface area contributed by atoms with Crippen molar-refractivity contribution in [2.45, 2.75) is 18.9 Å². The summed E-state index contributed by atoms with van der Waals surface area (Å²) in [6.07, 6.45) is 1.55. The minimum atomic E-state index is -3.76. The molecule has 0 saturated carbocycles. The number of imidazole rings is 1. The number of nitrogens with zero attached hydrogens (tertiary/aromatic N) is 2. The second-order valence-electron chi connectivity index (χ2n) is 4.96. The first kappa shape index (κ1) is 14.7. The van der Waals surface area contributed by atoms with Crippen molar-refractivity contribution < 1.29 is 17.9 Å². The molecule has 1 amide bonds. The van der Waals surface area contributed by atoms with Gasteiger partial charge in [-0.15, -0.1) is 0 Å². The third-order valence-electron chi connectivity index (χ3n) is 3.25. The molecule has 1 aliphatic rings. The molecule has 22 heavy (non-hydrogen) atoms. The number of nitrogens with one attached hydrogen (secondary N) is 1. The summed E-state index contributed by atoms with van der Waals surface area (Å²) in [5.41, 5.74) is 0.692. The Labute approximate surface area is 128 Å². The summed E-state index contributed by atoms with van der Waals surface area (Å²) in [6.45, 7) is 1.48. The third kappa shape index (κ3) is 3.34. The lowest BCUT2D eigenvalue weighted by Crippen LogP contribution is -2.31. The van der Waals surface area contributed by atoms with Gasteiger partial charge in [-0.25, -0.2) is 18.1 Å². The van der Waals surface area contributed by atoms with Gasteiger partial charge in [0.2, 0.25) is 10.0 Å². The summed E-state index contributed by atoms with van der Waals surface area (Å²) in [4.78, 5) is 16.2. The number of ether oxygens (including phenoxy) is 1. The quantitative estimate of drug-likeness (QED) is 0.894. The number of carbonyl (C=O) groups is 1. The SMILES string of the molecule is O=C(NS(=O)(=O)Cc1ccccc1)c1cn2c(n1)COCC2. The van der Waals surface area contributed by atoms with Gasteiger partial charge < -0.3 is 9.30 Å². The molecule has 8 heteroatoms. The van der Waals surface area contributed by atoms with Gasteiger partial charge in [-0.05, 0) is 5.56 Å². The van der Waals surface area contributed by atoms with Crippen molar-refractivity contribution in [3.63, 3.8) is 0 Å². The molecule has 1 N–H and O–H groups in total. The number of rotatable bonds is 4. The fourth-order valence-electron chi connectivity index (χ4n) is 2.22. The largest absolute Gasteiger partial charge is 0.372 e. The van der Waals surface area contributed by atoms with Gasteiger partial charge in [-0.1, -0.05) is 30.3 Å². The molecule has 3 rings (SSSR count). The Morgan fingerprint density at radius 2 is 2.09 bits per heavy atom. The predicted molar refractivity (Wildman–Crippen MR) is 78.4 cm³/mol. The summed E-state index contributed by atoms with van der Waals surface area (Å²) in [7, 11) is -3.76. The fourth-order valence-corrected chi connectivity index (χ4v) is 3.31. The van der Waals surface area contributed by atoms with Crippen LogP contribution in [0.15, 0.2) is 36.5 Å². The van der Waals surface area contributed by atoms with Crippen molar-refractivity contribution in [1.82, 2.24) is 14.3 Å². The number of benzene rings is 1. The molecule has 2 aromatic rings. The van der Waals surface area contributed by atoms with E-state index in [4.69, 9.17) is 4.74 Å². The molecular formula is C14H15N3O4S. The first-order valence-electron chi connectivity index (χ1n) is 6.76. The number of sulfonamides is 1. The van der Waals surface area contributed by atoms with Crippen molar-refractivity contribution in [1.29, 1.82) is 0 Å². The van der Waals surface area contributed by atoms with Crippen LogP contribution in [0.2, 0.25) is 0 Å². The van der Waals surface area contributed by atoms with Gasteiger partial charge in [0.1, 0.15) is 18.1 Å². The average Bonchev–Trinajstić information content (AvgIpc) is 2.91. The minimum absolute atomic E-state index is 0.0807. The zero-order valence-corrected chi connectivity index (χ0v) is 12.5. The van der Waals surface area contributed by atoms with Crippen LogP contribution in [0.25, 0.3) is 0 Å². The Balaban J connectivity index is 1.72. The Kier molecular flexibility index (Phi) is 3.95. The lowest BCUT2D eigenvalue weighted by Gasteiger charge is -2.13. The maximum atomic E-state index is 12.1. The molecule has 0 saturated heterocycles. The monoisotopic (exact) mass is 321 g/mol. The summed E-state index contributed by atoms with van der Waals surface area (Å²) in [6, 6.07) is 8.67. The summed E-state index contributed by atoms with van der Waals surface area (Å²) in [5, 5.41) is 0. The van der Waals surface area contributed by atoms with E-state index in [1.165, 1.54) is 0 Å². The molecular weight excluding hydrogens is 306 g/mol. The molecule has 2 heterocycles. The number of fused-ring (bicyclic) bond motifs is 1. The molecule has 0 aliphatic carbocycles. The van der Waals surface area contributed by atoms with Crippen LogP contribution in [-0.2, 0) is 33.7 Å². The summed E-state index contributed by atoms with van der Waals surface area (Å²) >= 11 is 0. The van der Waals surface area contributed by atoms with Gasteiger partial charge in [-0.2, -0.15) is 0 Å². The van der Waals surface area contributed by atoms with Gasteiger partial charge in [0, 0.05) is 12.7 Å². The average molecular weight is 321 g/mol. The standard InChI is InChI=1S/C14H15N3O4S/c18-14(12-8-17-6-7-21-9-13(17)15-12)16-22(19,20)10-11-4-2-1-3-5-11/h1-5,8H,6-7,9-10H2,(H,16,18). The van der Waals surface area contributed by atoms with Gasteiger partial charge in [0.15, 0.2) is 0 Å². The molecule has 1 aliphatic heterocycles. The molecule has 0 atom stereocenters. The zero-order chi connectivity index (χ0) is 15.6. The van der Waals surface area contributed by atoms with E-state index in [9.17, 15) is 13.2 Å². The highest BCUT2D eigenvalue weighted by Crippen LogP contribution is 2.11. The predicted octanol–water partition coefficient (Wildman–Crippen LogP) is 0.673. The van der Waals surface area contributed by atoms with Crippen LogP contribution in [0.1, 0.15) is 21.9 Å². The Morgan fingerprint density at radius 1 is 1.32 bits per heavy atom. The van der Waals surface area contributed by atoms with E-state index < -0.39 is 15.9 Å². The normalized spacial score (nSPS) is 14.4. The molecule has 7 nitrogen and oxygen atoms in total. The van der Waals surface area contributed by atoms with Crippen LogP contribution >= 0.6 is 0 Å². The van der Waals surface area contributed by atoms with E-state index in [1.54, 1.807) is 41.1 Å². The van der Waals surface area contributed by atoms with Crippen LogP contribution in [0.4, 0.5) is 0 Å². The van der Waals surface area contributed by atoms with Crippen LogP contribution in [0.5, 0.6) is 0 Å². The van der Waals surface area contributed by atoms with Gasteiger partial charge in [-0.3, -0.25) is 4.79 Å². The number of aromatic nitrogens is 2. The van der Waals surface area contributed by atoms with E-state index in [1.807, 2.05) is 4.72 Å². The topological polar surface area (TPSA) is 90.3 Å². The van der Waals surface area contributed by atoms with Crippen molar-refractivity contribution in [2.24, 2.45) is 0 Å². The molecule has 0 bridgehead atoms. The van der Waals surface area contributed by atoms with E-state index in [0.29, 0.717) is 31.1 Å². The van der Waals surface area contributed by atoms with Crippen LogP contribution in [0.3, 0.4) is 0 Å². The summed E-state index contributed by atoms with van der Waals surface area (Å²) < 4.78 is 33.1. The Morgan fingerprint density at radius 3 is 2.82 bits per heavy atom. The lowest BCUT2D eigenvalue weighted by atomic mass is 10.2. The second-order valence-corrected chi connectivity index (χ2v) is 6.69. The number of carbonyl (C=O) groups excluding carboxylic acids is 1. The maximum absolute atomic E-state index is 12.1. The van der Waals surface area contributed by atoms with Crippen molar-refractivity contribution in [2.75, 3.05) is 6.61 Å². The van der Waals surface area contributed by atoms with Gasteiger partial charge >= 0.3 is 0 Å². The van der Waals surface area contributed by atoms with E-state index in [2.05, 4.69) is 4.98 Å². The molecule has 1 aromatic heterocycles. The minimum Gasteiger partial charge on any atom is -0.372 e.